The Bertz CT molecular complexity index is 647. The third-order valence-electron chi connectivity index (χ3n) is 4.64. The summed E-state index contributed by atoms with van der Waals surface area (Å²) in [6.45, 7) is 5.05. The number of thiophene rings is 1. The fraction of sp³-hybridized carbons (Fsp3) is 0.444. The molecule has 0 radical (unpaired) electrons. The first-order valence-electron chi connectivity index (χ1n) is 8.07. The van der Waals surface area contributed by atoms with Crippen LogP contribution >= 0.6 is 11.3 Å². The first kappa shape index (κ1) is 16.1. The third-order valence-corrected chi connectivity index (χ3v) is 5.64. The van der Waals surface area contributed by atoms with Crippen LogP contribution in [0.2, 0.25) is 0 Å². The van der Waals surface area contributed by atoms with Crippen molar-refractivity contribution in [2.75, 3.05) is 20.1 Å². The third kappa shape index (κ3) is 3.79. The van der Waals surface area contributed by atoms with Crippen LogP contribution in [0.5, 0.6) is 0 Å². The lowest BCUT2D eigenvalue weighted by molar-refractivity contribution is 0.0640. The van der Waals surface area contributed by atoms with E-state index in [4.69, 9.17) is 0 Å². The van der Waals surface area contributed by atoms with Crippen molar-refractivity contribution in [3.05, 3.63) is 52.0 Å². The molecular formula is C18H23N3OS. The zero-order valence-corrected chi connectivity index (χ0v) is 14.6. The Hall–Kier alpha value is -1.72. The fourth-order valence-electron chi connectivity index (χ4n) is 3.13. The van der Waals surface area contributed by atoms with E-state index in [-0.39, 0.29) is 5.91 Å². The number of aryl methyl sites for hydroxylation is 1. The number of pyridine rings is 1. The highest BCUT2D eigenvalue weighted by Crippen LogP contribution is 2.22. The number of rotatable bonds is 4. The minimum atomic E-state index is 0.171. The van der Waals surface area contributed by atoms with Crippen molar-refractivity contribution in [2.24, 2.45) is 0 Å². The minimum Gasteiger partial charge on any atom is -0.338 e. The van der Waals surface area contributed by atoms with Crippen molar-refractivity contribution in [3.63, 3.8) is 0 Å². The van der Waals surface area contributed by atoms with E-state index in [1.807, 2.05) is 42.7 Å². The number of hydrogen-bond acceptors (Lipinski definition) is 4. The molecule has 1 aliphatic rings. The summed E-state index contributed by atoms with van der Waals surface area (Å²) in [5.74, 6) is 0.171. The summed E-state index contributed by atoms with van der Waals surface area (Å²) in [4.78, 5) is 22.0. The van der Waals surface area contributed by atoms with Gasteiger partial charge in [0.2, 0.25) is 0 Å². The summed E-state index contributed by atoms with van der Waals surface area (Å²) >= 11 is 1.54. The van der Waals surface area contributed by atoms with Crippen LogP contribution < -0.4 is 0 Å². The molecule has 122 valence electrons. The average Bonchev–Trinajstić information content (AvgIpc) is 3.01. The molecule has 0 N–H and O–H groups in total. The second-order valence-corrected chi connectivity index (χ2v) is 7.13. The lowest BCUT2D eigenvalue weighted by Crippen LogP contribution is -2.45. The van der Waals surface area contributed by atoms with E-state index in [0.29, 0.717) is 6.04 Å². The Morgan fingerprint density at radius 2 is 2.00 bits per heavy atom. The lowest BCUT2D eigenvalue weighted by Gasteiger charge is -2.36. The summed E-state index contributed by atoms with van der Waals surface area (Å²) < 4.78 is 0. The van der Waals surface area contributed by atoms with Crippen molar-refractivity contribution in [1.82, 2.24) is 14.8 Å². The summed E-state index contributed by atoms with van der Waals surface area (Å²) in [7, 11) is 1.95. The molecule has 23 heavy (non-hydrogen) atoms. The number of aromatic nitrogens is 1. The van der Waals surface area contributed by atoms with Crippen LogP contribution in [0.1, 0.15) is 33.6 Å². The molecule has 0 saturated carbocycles. The Balaban J connectivity index is 1.54. The molecule has 1 saturated heterocycles. The number of likely N-dealkylation sites (tertiary alicyclic amines) is 1. The van der Waals surface area contributed by atoms with Crippen LogP contribution in [0.15, 0.2) is 36.0 Å². The van der Waals surface area contributed by atoms with E-state index >= 15 is 0 Å². The molecule has 1 fully saturated rings. The highest BCUT2D eigenvalue weighted by Gasteiger charge is 2.27. The monoisotopic (exact) mass is 329 g/mol. The molecule has 1 aliphatic heterocycles. The standard InChI is InChI=1S/C18H23N3OS/c1-14-7-12-23-17(14)18(22)20(2)16-5-10-21(11-6-16)13-15-3-8-19-9-4-15/h3-4,7-9,12,16H,5-6,10-11,13H2,1-2H3. The van der Waals surface area contributed by atoms with Gasteiger partial charge in [-0.25, -0.2) is 0 Å². The van der Waals surface area contributed by atoms with Crippen LogP contribution in [-0.4, -0.2) is 46.9 Å². The average molecular weight is 329 g/mol. The number of piperidine rings is 1. The molecule has 1 amide bonds. The van der Waals surface area contributed by atoms with Gasteiger partial charge >= 0.3 is 0 Å². The summed E-state index contributed by atoms with van der Waals surface area (Å²) in [5, 5.41) is 1.99. The molecule has 3 rings (SSSR count). The molecule has 0 aromatic carbocycles. The zero-order valence-electron chi connectivity index (χ0n) is 13.7. The maximum atomic E-state index is 12.6. The molecule has 0 spiro atoms. The number of amides is 1. The highest BCUT2D eigenvalue weighted by molar-refractivity contribution is 7.12. The summed E-state index contributed by atoms with van der Waals surface area (Å²) in [6, 6.07) is 6.50. The van der Waals surface area contributed by atoms with Crippen LogP contribution in [0.3, 0.4) is 0 Å². The van der Waals surface area contributed by atoms with E-state index in [1.165, 1.54) is 5.56 Å². The first-order valence-corrected chi connectivity index (χ1v) is 8.95. The Labute approximate surface area is 141 Å². The summed E-state index contributed by atoms with van der Waals surface area (Å²) in [6.07, 6.45) is 5.77. The van der Waals surface area contributed by atoms with Gasteiger partial charge in [0.1, 0.15) is 0 Å². The van der Waals surface area contributed by atoms with Crippen molar-refractivity contribution >= 4 is 17.2 Å². The van der Waals surface area contributed by atoms with Crippen molar-refractivity contribution in [2.45, 2.75) is 32.4 Å². The smallest absolute Gasteiger partial charge is 0.264 e. The largest absolute Gasteiger partial charge is 0.338 e. The van der Waals surface area contributed by atoms with Gasteiger partial charge in [-0.1, -0.05) is 0 Å². The SMILES string of the molecule is Cc1ccsc1C(=O)N(C)C1CCN(Cc2ccncc2)CC1. The molecule has 4 nitrogen and oxygen atoms in total. The second kappa shape index (κ2) is 7.23. The molecule has 0 aliphatic carbocycles. The molecule has 2 aromatic heterocycles. The number of hydrogen-bond donors (Lipinski definition) is 0. The molecule has 2 aromatic rings. The first-order chi connectivity index (χ1) is 11.1. The van der Waals surface area contributed by atoms with Gasteiger partial charge in [0.05, 0.1) is 4.88 Å². The van der Waals surface area contributed by atoms with Gasteiger partial charge in [-0.3, -0.25) is 14.7 Å². The quantitative estimate of drug-likeness (QED) is 0.864. The van der Waals surface area contributed by atoms with Gasteiger partial charge in [-0.2, -0.15) is 0 Å². The van der Waals surface area contributed by atoms with E-state index in [9.17, 15) is 4.79 Å². The Morgan fingerprint density at radius 3 is 2.61 bits per heavy atom. The van der Waals surface area contributed by atoms with Gasteiger partial charge < -0.3 is 4.90 Å². The number of carbonyl (C=O) groups excluding carboxylic acids is 1. The minimum absolute atomic E-state index is 0.171. The molecule has 3 heterocycles. The van der Waals surface area contributed by atoms with Gasteiger partial charge in [0.15, 0.2) is 0 Å². The van der Waals surface area contributed by atoms with Crippen LogP contribution in [-0.2, 0) is 6.54 Å². The number of nitrogens with zero attached hydrogens (tertiary/aromatic N) is 3. The van der Waals surface area contributed by atoms with Crippen molar-refractivity contribution in [3.8, 4) is 0 Å². The molecule has 0 bridgehead atoms. The van der Waals surface area contributed by atoms with Gasteiger partial charge in [0.25, 0.3) is 5.91 Å². The normalized spacial score (nSPS) is 16.4. The van der Waals surface area contributed by atoms with E-state index in [2.05, 4.69) is 22.0 Å². The topological polar surface area (TPSA) is 36.4 Å². The molecule has 0 atom stereocenters. The van der Waals surface area contributed by atoms with Crippen LogP contribution in [0.4, 0.5) is 0 Å². The van der Waals surface area contributed by atoms with Crippen LogP contribution in [0.25, 0.3) is 0 Å². The highest BCUT2D eigenvalue weighted by atomic mass is 32.1. The fourth-order valence-corrected chi connectivity index (χ4v) is 4.04. The predicted molar refractivity (Wildman–Crippen MR) is 93.7 cm³/mol. The van der Waals surface area contributed by atoms with Gasteiger partial charge in [0, 0.05) is 45.1 Å². The van der Waals surface area contributed by atoms with Gasteiger partial charge in [-0.05, 0) is 54.5 Å². The van der Waals surface area contributed by atoms with E-state index in [1.54, 1.807) is 11.3 Å². The molecule has 0 unspecified atom stereocenters. The van der Waals surface area contributed by atoms with Crippen LogP contribution in [0, 0.1) is 6.92 Å². The predicted octanol–water partition coefficient (Wildman–Crippen LogP) is 3.19. The Morgan fingerprint density at radius 1 is 1.30 bits per heavy atom. The lowest BCUT2D eigenvalue weighted by atomic mass is 10.0. The van der Waals surface area contributed by atoms with Crippen molar-refractivity contribution in [1.29, 1.82) is 0 Å². The second-order valence-electron chi connectivity index (χ2n) is 6.21. The maximum absolute atomic E-state index is 12.6. The maximum Gasteiger partial charge on any atom is 0.264 e. The Kier molecular flexibility index (Phi) is 5.08. The number of carbonyl (C=O) groups is 1. The van der Waals surface area contributed by atoms with Gasteiger partial charge in [-0.15, -0.1) is 11.3 Å². The molecule has 5 heteroatoms. The zero-order chi connectivity index (χ0) is 16.2. The van der Waals surface area contributed by atoms with E-state index < -0.39 is 0 Å². The van der Waals surface area contributed by atoms with E-state index in [0.717, 1.165) is 42.9 Å². The van der Waals surface area contributed by atoms with Crippen molar-refractivity contribution < 1.29 is 4.79 Å². The molecular weight excluding hydrogens is 306 g/mol. The summed E-state index contributed by atoms with van der Waals surface area (Å²) in [5.41, 5.74) is 2.39.